The van der Waals surface area contributed by atoms with E-state index in [0.29, 0.717) is 12.3 Å². The molecule has 2 heterocycles. The minimum absolute atomic E-state index is 0.0276. The van der Waals surface area contributed by atoms with Gasteiger partial charge in [-0.25, -0.2) is 4.98 Å². The zero-order chi connectivity index (χ0) is 18.4. The molecule has 4 rings (SSSR count). The van der Waals surface area contributed by atoms with E-state index >= 15 is 0 Å². The van der Waals surface area contributed by atoms with Crippen molar-refractivity contribution < 1.29 is 9.90 Å². The molecule has 1 saturated carbocycles. The molecule has 4 nitrogen and oxygen atoms in total. The van der Waals surface area contributed by atoms with E-state index in [1.165, 1.54) is 9.71 Å². The van der Waals surface area contributed by atoms with Gasteiger partial charge in [0.2, 0.25) is 5.91 Å². The van der Waals surface area contributed by atoms with Crippen LogP contribution in [0.1, 0.15) is 44.5 Å². The summed E-state index contributed by atoms with van der Waals surface area (Å²) in [5, 5.41) is 11.0. The number of carbonyl (C=O) groups excluding carboxylic acids is 1. The summed E-state index contributed by atoms with van der Waals surface area (Å²) >= 11 is 1.76. The number of aliphatic hydroxyl groups excluding tert-OH is 1. The first-order chi connectivity index (χ1) is 12.4. The van der Waals surface area contributed by atoms with Crippen LogP contribution in [-0.4, -0.2) is 40.6 Å². The Bertz CT molecular complexity index is 782. The maximum Gasteiger partial charge on any atom is 0.222 e. The number of fused-ring (bicyclic) bond motifs is 2. The smallest absolute Gasteiger partial charge is 0.222 e. The predicted octanol–water partition coefficient (Wildman–Crippen LogP) is 3.88. The first-order valence-corrected chi connectivity index (χ1v) is 10.5. The van der Waals surface area contributed by atoms with Gasteiger partial charge in [-0.2, -0.15) is 0 Å². The van der Waals surface area contributed by atoms with Gasteiger partial charge in [0, 0.05) is 24.9 Å². The zero-order valence-electron chi connectivity index (χ0n) is 15.7. The lowest BCUT2D eigenvalue weighted by Gasteiger charge is -2.55. The molecule has 1 aromatic heterocycles. The van der Waals surface area contributed by atoms with Gasteiger partial charge in [-0.3, -0.25) is 4.79 Å². The highest BCUT2D eigenvalue weighted by Gasteiger charge is 2.62. The van der Waals surface area contributed by atoms with Gasteiger partial charge >= 0.3 is 0 Å². The minimum Gasteiger partial charge on any atom is -0.396 e. The number of nitrogens with zero attached hydrogens (tertiary/aromatic N) is 2. The third kappa shape index (κ3) is 3.05. The van der Waals surface area contributed by atoms with Crippen molar-refractivity contribution >= 4 is 27.5 Å². The summed E-state index contributed by atoms with van der Waals surface area (Å²) in [6.07, 6.45) is 4.50. The van der Waals surface area contributed by atoms with Crippen molar-refractivity contribution in [3.05, 3.63) is 29.3 Å². The van der Waals surface area contributed by atoms with Gasteiger partial charge in [-0.1, -0.05) is 26.0 Å². The summed E-state index contributed by atoms with van der Waals surface area (Å²) in [7, 11) is 0. The number of aliphatic hydroxyl groups is 1. The SMILES string of the molecule is CC1(C)C[C@]2(CO)CN(C(=O)CCCCc3nc4ccccc4s3)C[C@H]12. The van der Waals surface area contributed by atoms with E-state index in [1.807, 2.05) is 17.0 Å². The number of amides is 1. The van der Waals surface area contributed by atoms with Crippen LogP contribution < -0.4 is 0 Å². The molecule has 26 heavy (non-hydrogen) atoms. The second-order valence-corrected chi connectivity index (χ2v) is 9.91. The molecule has 1 amide bonds. The van der Waals surface area contributed by atoms with Gasteiger partial charge < -0.3 is 10.0 Å². The molecule has 1 saturated heterocycles. The Hall–Kier alpha value is -1.46. The highest BCUT2D eigenvalue weighted by molar-refractivity contribution is 7.18. The van der Waals surface area contributed by atoms with E-state index < -0.39 is 0 Å². The number of benzene rings is 1. The number of aryl methyl sites for hydroxylation is 1. The molecular formula is C21H28N2O2S. The van der Waals surface area contributed by atoms with E-state index in [0.717, 1.165) is 44.3 Å². The van der Waals surface area contributed by atoms with E-state index in [1.54, 1.807) is 11.3 Å². The molecule has 0 bridgehead atoms. The maximum atomic E-state index is 12.6. The molecule has 1 N–H and O–H groups in total. The Labute approximate surface area is 159 Å². The van der Waals surface area contributed by atoms with Crippen LogP contribution in [0.15, 0.2) is 24.3 Å². The largest absolute Gasteiger partial charge is 0.396 e. The van der Waals surface area contributed by atoms with E-state index in [9.17, 15) is 9.90 Å². The summed E-state index contributed by atoms with van der Waals surface area (Å²) < 4.78 is 1.24. The van der Waals surface area contributed by atoms with Crippen LogP contribution in [0.4, 0.5) is 0 Å². The number of para-hydroxylation sites is 1. The molecule has 1 aliphatic carbocycles. The van der Waals surface area contributed by atoms with E-state index in [4.69, 9.17) is 0 Å². The average Bonchev–Trinajstić information content (AvgIpc) is 3.17. The van der Waals surface area contributed by atoms with Gasteiger partial charge in [-0.15, -0.1) is 11.3 Å². The first-order valence-electron chi connectivity index (χ1n) is 9.67. The van der Waals surface area contributed by atoms with E-state index in [2.05, 4.69) is 31.0 Å². The van der Waals surface area contributed by atoms with Gasteiger partial charge in [0.25, 0.3) is 0 Å². The fraction of sp³-hybridized carbons (Fsp3) is 0.619. The molecular weight excluding hydrogens is 344 g/mol. The monoisotopic (exact) mass is 372 g/mol. The molecule has 0 spiro atoms. The number of carbonyl (C=O) groups is 1. The zero-order valence-corrected chi connectivity index (χ0v) is 16.5. The van der Waals surface area contributed by atoms with Crippen LogP contribution in [0.2, 0.25) is 0 Å². The molecule has 0 radical (unpaired) electrons. The van der Waals surface area contributed by atoms with Crippen LogP contribution in [-0.2, 0) is 11.2 Å². The second-order valence-electron chi connectivity index (χ2n) is 8.80. The molecule has 5 heteroatoms. The normalized spacial score (nSPS) is 26.7. The predicted molar refractivity (Wildman–Crippen MR) is 105 cm³/mol. The van der Waals surface area contributed by atoms with Crippen LogP contribution in [0.5, 0.6) is 0 Å². The molecule has 2 aromatic rings. The Balaban J connectivity index is 1.26. The van der Waals surface area contributed by atoms with Crippen molar-refractivity contribution in [2.24, 2.45) is 16.7 Å². The lowest BCUT2D eigenvalue weighted by molar-refractivity contribution is -0.130. The Morgan fingerprint density at radius 1 is 1.35 bits per heavy atom. The van der Waals surface area contributed by atoms with Crippen molar-refractivity contribution in [1.29, 1.82) is 0 Å². The molecule has 1 aromatic carbocycles. The van der Waals surface area contributed by atoms with Crippen molar-refractivity contribution in [2.75, 3.05) is 19.7 Å². The van der Waals surface area contributed by atoms with Crippen LogP contribution >= 0.6 is 11.3 Å². The number of thiazole rings is 1. The Kier molecular flexibility index (Phi) is 4.56. The Morgan fingerprint density at radius 2 is 2.15 bits per heavy atom. The fourth-order valence-corrected chi connectivity index (χ4v) is 6.28. The summed E-state index contributed by atoms with van der Waals surface area (Å²) in [5.74, 6) is 0.707. The number of hydrogen-bond donors (Lipinski definition) is 1. The minimum atomic E-state index is -0.0276. The molecule has 0 unspecified atom stereocenters. The average molecular weight is 373 g/mol. The van der Waals surface area contributed by atoms with Crippen LogP contribution in [0.3, 0.4) is 0 Å². The van der Waals surface area contributed by atoms with E-state index in [-0.39, 0.29) is 23.3 Å². The fourth-order valence-electron chi connectivity index (χ4n) is 5.27. The van der Waals surface area contributed by atoms with Crippen molar-refractivity contribution in [3.63, 3.8) is 0 Å². The van der Waals surface area contributed by atoms with Crippen molar-refractivity contribution in [1.82, 2.24) is 9.88 Å². The highest BCUT2D eigenvalue weighted by atomic mass is 32.1. The quantitative estimate of drug-likeness (QED) is 0.783. The Morgan fingerprint density at radius 3 is 2.85 bits per heavy atom. The standard InChI is InChI=1S/C21H28N2O2S/c1-20(2)12-21(14-24)13-23(11-17(20)21)19(25)10-6-5-9-18-22-15-7-3-4-8-16(15)26-18/h3-4,7-8,17,24H,5-6,9-14H2,1-2H3/t17-,21-/m1/s1. The summed E-state index contributed by atoms with van der Waals surface area (Å²) in [5.41, 5.74) is 1.30. The number of unbranched alkanes of at least 4 members (excludes halogenated alkanes) is 1. The second kappa shape index (κ2) is 6.61. The van der Waals surface area contributed by atoms with Gasteiger partial charge in [0.05, 0.1) is 21.8 Å². The van der Waals surface area contributed by atoms with Gasteiger partial charge in [0.15, 0.2) is 0 Å². The topological polar surface area (TPSA) is 53.4 Å². The van der Waals surface area contributed by atoms with Gasteiger partial charge in [-0.05, 0) is 49.1 Å². The molecule has 2 fully saturated rings. The number of aromatic nitrogens is 1. The number of likely N-dealkylation sites (tertiary alicyclic amines) is 1. The summed E-state index contributed by atoms with van der Waals surface area (Å²) in [6.45, 7) is 6.30. The third-order valence-electron chi connectivity index (χ3n) is 6.44. The highest BCUT2D eigenvalue weighted by Crippen LogP contribution is 2.62. The summed E-state index contributed by atoms with van der Waals surface area (Å²) in [4.78, 5) is 19.3. The lowest BCUT2D eigenvalue weighted by Crippen LogP contribution is -2.54. The molecule has 1 aliphatic heterocycles. The third-order valence-corrected chi connectivity index (χ3v) is 7.53. The summed E-state index contributed by atoms with van der Waals surface area (Å²) in [6, 6.07) is 8.24. The lowest BCUT2D eigenvalue weighted by atomic mass is 9.48. The van der Waals surface area contributed by atoms with Crippen LogP contribution in [0.25, 0.3) is 10.2 Å². The molecule has 140 valence electrons. The number of rotatable bonds is 6. The van der Waals surface area contributed by atoms with Crippen LogP contribution in [0, 0.1) is 16.7 Å². The van der Waals surface area contributed by atoms with Crippen molar-refractivity contribution in [3.8, 4) is 0 Å². The van der Waals surface area contributed by atoms with Crippen molar-refractivity contribution in [2.45, 2.75) is 46.0 Å². The molecule has 2 aliphatic rings. The first kappa shape index (κ1) is 17.9. The molecule has 2 atom stereocenters. The van der Waals surface area contributed by atoms with Gasteiger partial charge in [0.1, 0.15) is 0 Å². The maximum absolute atomic E-state index is 12.6. The number of hydrogen-bond acceptors (Lipinski definition) is 4.